The number of rotatable bonds is 2. The summed E-state index contributed by atoms with van der Waals surface area (Å²) in [6.45, 7) is 6.85. The summed E-state index contributed by atoms with van der Waals surface area (Å²) in [5.41, 5.74) is 0.0832. The molecule has 1 heterocycles. The van der Waals surface area contributed by atoms with Crippen LogP contribution in [0.1, 0.15) is 20.8 Å². The van der Waals surface area contributed by atoms with Gasteiger partial charge in [0.25, 0.3) is 0 Å². The van der Waals surface area contributed by atoms with Crippen molar-refractivity contribution in [3.05, 3.63) is 22.4 Å². The van der Waals surface area contributed by atoms with Gasteiger partial charge in [-0.25, -0.2) is 0 Å². The van der Waals surface area contributed by atoms with E-state index in [0.29, 0.717) is 6.54 Å². The summed E-state index contributed by atoms with van der Waals surface area (Å²) >= 11 is 0. The Labute approximate surface area is 76.5 Å². The van der Waals surface area contributed by atoms with E-state index in [4.69, 9.17) is 0 Å². The van der Waals surface area contributed by atoms with Crippen LogP contribution in [-0.4, -0.2) is 14.7 Å². The quantitative estimate of drug-likeness (QED) is 0.519. The standard InChI is InChI=1S/C8H13N3O2/c1-8(2,3)6-10-5-4-7(9-10)11(12)13/h4-5H,6H2,1-3H3. The van der Waals surface area contributed by atoms with Crippen molar-refractivity contribution in [2.45, 2.75) is 27.3 Å². The minimum absolute atomic E-state index is 0.0832. The van der Waals surface area contributed by atoms with Gasteiger partial charge in [0.15, 0.2) is 0 Å². The zero-order valence-corrected chi connectivity index (χ0v) is 8.02. The van der Waals surface area contributed by atoms with Crippen molar-refractivity contribution in [2.24, 2.45) is 5.41 Å². The second kappa shape index (κ2) is 3.16. The summed E-state index contributed by atoms with van der Waals surface area (Å²) in [5.74, 6) is -0.0933. The highest BCUT2D eigenvalue weighted by atomic mass is 16.6. The number of nitrogens with zero attached hydrogens (tertiary/aromatic N) is 3. The van der Waals surface area contributed by atoms with E-state index in [1.807, 2.05) is 0 Å². The molecule has 0 spiro atoms. The van der Waals surface area contributed by atoms with Crippen molar-refractivity contribution in [1.29, 1.82) is 0 Å². The molecule has 0 saturated heterocycles. The van der Waals surface area contributed by atoms with Gasteiger partial charge in [0, 0.05) is 0 Å². The summed E-state index contributed by atoms with van der Waals surface area (Å²) in [5, 5.41) is 14.1. The number of hydrogen-bond donors (Lipinski definition) is 0. The first kappa shape index (κ1) is 9.70. The predicted molar refractivity (Wildman–Crippen MR) is 48.3 cm³/mol. The third-order valence-electron chi connectivity index (χ3n) is 1.45. The molecule has 0 fully saturated rings. The number of nitro groups is 1. The Morgan fingerprint density at radius 2 is 2.23 bits per heavy atom. The van der Waals surface area contributed by atoms with E-state index in [2.05, 4.69) is 25.9 Å². The van der Waals surface area contributed by atoms with Gasteiger partial charge in [0.1, 0.15) is 0 Å². The van der Waals surface area contributed by atoms with E-state index < -0.39 is 4.92 Å². The van der Waals surface area contributed by atoms with Crippen LogP contribution >= 0.6 is 0 Å². The Bertz CT molecular complexity index is 311. The fourth-order valence-electron chi connectivity index (χ4n) is 1.02. The van der Waals surface area contributed by atoms with Crippen LogP contribution in [-0.2, 0) is 6.54 Å². The van der Waals surface area contributed by atoms with Crippen molar-refractivity contribution < 1.29 is 4.92 Å². The fourth-order valence-corrected chi connectivity index (χ4v) is 1.02. The Hall–Kier alpha value is -1.39. The lowest BCUT2D eigenvalue weighted by molar-refractivity contribution is -0.389. The van der Waals surface area contributed by atoms with Crippen LogP contribution < -0.4 is 0 Å². The molecule has 0 saturated carbocycles. The molecule has 1 aromatic rings. The second-order valence-electron chi connectivity index (χ2n) is 4.19. The molecule has 0 aliphatic rings. The lowest BCUT2D eigenvalue weighted by Crippen LogP contribution is -2.15. The minimum atomic E-state index is -0.487. The average molecular weight is 183 g/mol. The average Bonchev–Trinajstić information content (AvgIpc) is 2.31. The van der Waals surface area contributed by atoms with Crippen molar-refractivity contribution >= 4 is 5.82 Å². The summed E-state index contributed by atoms with van der Waals surface area (Å²) in [6, 6.07) is 1.41. The van der Waals surface area contributed by atoms with E-state index >= 15 is 0 Å². The van der Waals surface area contributed by atoms with Crippen LogP contribution in [0.3, 0.4) is 0 Å². The molecule has 13 heavy (non-hydrogen) atoms. The van der Waals surface area contributed by atoms with Gasteiger partial charge in [-0.2, -0.15) is 4.68 Å². The highest BCUT2D eigenvalue weighted by Crippen LogP contribution is 2.16. The summed E-state index contributed by atoms with van der Waals surface area (Å²) in [6.07, 6.45) is 1.63. The Balaban J connectivity index is 2.75. The van der Waals surface area contributed by atoms with E-state index in [1.54, 1.807) is 10.9 Å². The third kappa shape index (κ3) is 2.85. The van der Waals surface area contributed by atoms with E-state index in [0.717, 1.165) is 0 Å². The van der Waals surface area contributed by atoms with Crippen LogP contribution in [0.4, 0.5) is 5.82 Å². The Kier molecular flexibility index (Phi) is 2.36. The zero-order chi connectivity index (χ0) is 10.1. The Morgan fingerprint density at radius 1 is 1.62 bits per heavy atom. The largest absolute Gasteiger partial charge is 0.389 e. The highest BCUT2D eigenvalue weighted by Gasteiger charge is 2.16. The van der Waals surface area contributed by atoms with Gasteiger partial charge in [0.2, 0.25) is 0 Å². The molecular formula is C8H13N3O2. The molecule has 0 bridgehead atoms. The molecule has 0 unspecified atom stereocenters. The van der Waals surface area contributed by atoms with Crippen molar-refractivity contribution in [3.8, 4) is 0 Å². The zero-order valence-electron chi connectivity index (χ0n) is 8.02. The van der Waals surface area contributed by atoms with Crippen LogP contribution in [0.2, 0.25) is 0 Å². The highest BCUT2D eigenvalue weighted by molar-refractivity contribution is 5.13. The van der Waals surface area contributed by atoms with Crippen molar-refractivity contribution in [1.82, 2.24) is 9.78 Å². The van der Waals surface area contributed by atoms with Gasteiger partial charge in [-0.15, -0.1) is 0 Å². The maximum absolute atomic E-state index is 10.3. The van der Waals surface area contributed by atoms with Crippen LogP contribution in [0.25, 0.3) is 0 Å². The summed E-state index contributed by atoms with van der Waals surface area (Å²) < 4.78 is 1.60. The molecule has 72 valence electrons. The normalized spacial score (nSPS) is 11.6. The van der Waals surface area contributed by atoms with Gasteiger partial charge >= 0.3 is 5.82 Å². The lowest BCUT2D eigenvalue weighted by atomic mass is 9.97. The smallest absolute Gasteiger partial charge is 0.358 e. The fraction of sp³-hybridized carbons (Fsp3) is 0.625. The molecule has 0 amide bonds. The molecule has 5 nitrogen and oxygen atoms in total. The number of hydrogen-bond acceptors (Lipinski definition) is 3. The molecule has 1 aromatic heterocycles. The molecule has 0 radical (unpaired) electrons. The minimum Gasteiger partial charge on any atom is -0.358 e. The first-order valence-electron chi connectivity index (χ1n) is 4.06. The van der Waals surface area contributed by atoms with E-state index in [-0.39, 0.29) is 11.2 Å². The van der Waals surface area contributed by atoms with E-state index in [9.17, 15) is 10.1 Å². The maximum Gasteiger partial charge on any atom is 0.389 e. The maximum atomic E-state index is 10.3. The molecule has 0 atom stereocenters. The first-order valence-corrected chi connectivity index (χ1v) is 4.06. The topological polar surface area (TPSA) is 61.0 Å². The van der Waals surface area contributed by atoms with Crippen LogP contribution in [0.5, 0.6) is 0 Å². The third-order valence-corrected chi connectivity index (χ3v) is 1.45. The summed E-state index contributed by atoms with van der Waals surface area (Å²) in [7, 11) is 0. The number of aromatic nitrogens is 2. The molecule has 0 aliphatic heterocycles. The Morgan fingerprint density at radius 3 is 2.62 bits per heavy atom. The molecule has 0 aliphatic carbocycles. The molecule has 0 N–H and O–H groups in total. The van der Waals surface area contributed by atoms with Gasteiger partial charge in [-0.05, 0) is 10.3 Å². The molecular weight excluding hydrogens is 170 g/mol. The van der Waals surface area contributed by atoms with Crippen LogP contribution in [0.15, 0.2) is 12.3 Å². The molecule has 0 aromatic carbocycles. The van der Waals surface area contributed by atoms with Gasteiger partial charge in [-0.3, -0.25) is 0 Å². The van der Waals surface area contributed by atoms with Crippen molar-refractivity contribution in [2.75, 3.05) is 0 Å². The SMILES string of the molecule is CC(C)(C)Cn1ccc([N+](=O)[O-])n1. The van der Waals surface area contributed by atoms with Crippen LogP contribution in [0, 0.1) is 15.5 Å². The first-order chi connectivity index (χ1) is 5.88. The predicted octanol–water partition coefficient (Wildman–Crippen LogP) is 1.84. The molecule has 1 rings (SSSR count). The van der Waals surface area contributed by atoms with Gasteiger partial charge in [0.05, 0.1) is 23.9 Å². The van der Waals surface area contributed by atoms with Gasteiger partial charge < -0.3 is 10.1 Å². The molecule has 5 heteroatoms. The van der Waals surface area contributed by atoms with Crippen molar-refractivity contribution in [3.63, 3.8) is 0 Å². The van der Waals surface area contributed by atoms with Gasteiger partial charge in [-0.1, -0.05) is 20.8 Å². The second-order valence-corrected chi connectivity index (χ2v) is 4.19. The monoisotopic (exact) mass is 183 g/mol. The van der Waals surface area contributed by atoms with E-state index in [1.165, 1.54) is 6.07 Å². The lowest BCUT2D eigenvalue weighted by Gasteiger charge is -2.15. The summed E-state index contributed by atoms with van der Waals surface area (Å²) in [4.78, 5) is 9.82.